The van der Waals surface area contributed by atoms with Gasteiger partial charge in [-0.3, -0.25) is 9.69 Å². The van der Waals surface area contributed by atoms with E-state index in [0.717, 1.165) is 60.6 Å². The van der Waals surface area contributed by atoms with E-state index in [1.54, 1.807) is 6.92 Å². The van der Waals surface area contributed by atoms with Gasteiger partial charge in [-0.25, -0.2) is 9.83 Å². The van der Waals surface area contributed by atoms with Crippen molar-refractivity contribution in [2.45, 2.75) is 19.9 Å². The van der Waals surface area contributed by atoms with Crippen LogP contribution in [0.4, 0.5) is 5.69 Å². The maximum absolute atomic E-state index is 11.4. The monoisotopic (exact) mass is 385 g/mol. The molecule has 1 aliphatic heterocycles. The maximum atomic E-state index is 11.4. The first kappa shape index (κ1) is 19.3. The molecule has 0 saturated carbocycles. The largest absolute Gasteiger partial charge is 0.379 e. The van der Waals surface area contributed by atoms with Crippen molar-refractivity contribution < 1.29 is 9.53 Å². The van der Waals surface area contributed by atoms with Crippen LogP contribution in [0.15, 0.2) is 48.5 Å². The minimum absolute atomic E-state index is 0.154. The minimum atomic E-state index is 0.154. The molecule has 1 fully saturated rings. The van der Waals surface area contributed by atoms with Gasteiger partial charge in [0.1, 0.15) is 5.78 Å². The van der Waals surface area contributed by atoms with E-state index in [1.807, 2.05) is 42.5 Å². The number of hydrogen-bond acceptors (Lipinski definition) is 4. The number of carbonyl (C=O) groups excluding carboxylic acids is 1. The van der Waals surface area contributed by atoms with Gasteiger partial charge >= 0.3 is 0 Å². The second-order valence-corrected chi connectivity index (χ2v) is 7.44. The summed E-state index contributed by atoms with van der Waals surface area (Å²) in [5.74, 6) is 0.154. The quantitative estimate of drug-likeness (QED) is 0.610. The highest BCUT2D eigenvalue weighted by molar-refractivity contribution is 5.88. The molecule has 0 bridgehead atoms. The van der Waals surface area contributed by atoms with Crippen LogP contribution in [0.5, 0.6) is 0 Å². The van der Waals surface area contributed by atoms with E-state index in [4.69, 9.17) is 16.3 Å². The third kappa shape index (κ3) is 4.51. The number of ketones is 1. The molecule has 4 rings (SSSR count). The Morgan fingerprint density at radius 2 is 1.90 bits per heavy atom. The average Bonchev–Trinajstić information content (AvgIpc) is 2.74. The summed E-state index contributed by atoms with van der Waals surface area (Å²) >= 11 is 0. The Hall–Kier alpha value is -3.07. The molecule has 0 unspecified atom stereocenters. The van der Waals surface area contributed by atoms with Gasteiger partial charge < -0.3 is 4.74 Å². The van der Waals surface area contributed by atoms with Gasteiger partial charge in [-0.15, -0.1) is 0 Å². The Bertz CT molecular complexity index is 1080. The van der Waals surface area contributed by atoms with Crippen molar-refractivity contribution in [3.05, 3.63) is 71.1 Å². The van der Waals surface area contributed by atoms with Crippen molar-refractivity contribution in [2.24, 2.45) is 0 Å². The summed E-state index contributed by atoms with van der Waals surface area (Å²) in [4.78, 5) is 22.2. The Morgan fingerprint density at radius 1 is 1.14 bits per heavy atom. The third-order valence-electron chi connectivity index (χ3n) is 5.21. The SMILES string of the molecule is [C-]#[N+]c1ccc2c(CN3CCOCC3)cc(-c3ccc(CC(C)=O)cc3)nc2c1. The lowest BCUT2D eigenvalue weighted by molar-refractivity contribution is -0.116. The Balaban J connectivity index is 1.74. The van der Waals surface area contributed by atoms with Gasteiger partial charge in [0, 0.05) is 37.0 Å². The van der Waals surface area contributed by atoms with Crippen molar-refractivity contribution in [2.75, 3.05) is 26.3 Å². The average molecular weight is 385 g/mol. The van der Waals surface area contributed by atoms with Gasteiger partial charge in [0.25, 0.3) is 0 Å². The van der Waals surface area contributed by atoms with E-state index in [2.05, 4.69) is 15.8 Å². The highest BCUT2D eigenvalue weighted by atomic mass is 16.5. The van der Waals surface area contributed by atoms with E-state index < -0.39 is 0 Å². The fourth-order valence-electron chi connectivity index (χ4n) is 3.72. The van der Waals surface area contributed by atoms with Crippen molar-refractivity contribution in [1.82, 2.24) is 9.88 Å². The van der Waals surface area contributed by atoms with Crippen LogP contribution in [0.1, 0.15) is 18.1 Å². The third-order valence-corrected chi connectivity index (χ3v) is 5.21. The van der Waals surface area contributed by atoms with Crippen LogP contribution >= 0.6 is 0 Å². The number of ether oxygens (including phenoxy) is 1. The standard InChI is InChI=1S/C24H23N3O2/c1-17(28)13-18-3-5-19(6-4-18)23-14-20(16-27-9-11-29-12-10-27)22-8-7-21(25-2)15-24(22)26-23/h3-8,14-15H,9-13,16H2,1H3. The van der Waals surface area contributed by atoms with Crippen LogP contribution < -0.4 is 0 Å². The molecule has 0 N–H and O–H groups in total. The molecule has 1 saturated heterocycles. The van der Waals surface area contributed by atoms with E-state index in [-0.39, 0.29) is 5.78 Å². The first-order chi connectivity index (χ1) is 14.1. The zero-order chi connectivity index (χ0) is 20.2. The van der Waals surface area contributed by atoms with Crippen LogP contribution in [-0.4, -0.2) is 42.0 Å². The van der Waals surface area contributed by atoms with E-state index in [1.165, 1.54) is 5.56 Å². The van der Waals surface area contributed by atoms with Gasteiger partial charge in [0.2, 0.25) is 0 Å². The van der Waals surface area contributed by atoms with Gasteiger partial charge in [0.15, 0.2) is 5.69 Å². The summed E-state index contributed by atoms with van der Waals surface area (Å²) in [6.07, 6.45) is 0.447. The predicted molar refractivity (Wildman–Crippen MR) is 114 cm³/mol. The molecule has 29 heavy (non-hydrogen) atoms. The van der Waals surface area contributed by atoms with Crippen molar-refractivity contribution in [3.8, 4) is 11.3 Å². The molecule has 5 heteroatoms. The first-order valence-corrected chi connectivity index (χ1v) is 9.82. The number of morpholine rings is 1. The smallest absolute Gasteiger partial charge is 0.189 e. The summed E-state index contributed by atoms with van der Waals surface area (Å²) in [5, 5.41) is 1.08. The van der Waals surface area contributed by atoms with Crippen LogP contribution in [0.25, 0.3) is 27.0 Å². The summed E-state index contributed by atoms with van der Waals surface area (Å²) in [6, 6.07) is 15.9. The van der Waals surface area contributed by atoms with Crippen LogP contribution in [0, 0.1) is 6.57 Å². The normalized spacial score (nSPS) is 14.6. The zero-order valence-electron chi connectivity index (χ0n) is 16.5. The van der Waals surface area contributed by atoms with Crippen LogP contribution in [0.2, 0.25) is 0 Å². The molecule has 146 valence electrons. The lowest BCUT2D eigenvalue weighted by atomic mass is 10.0. The molecular weight excluding hydrogens is 362 g/mol. The predicted octanol–water partition coefficient (Wildman–Crippen LogP) is 4.42. The molecule has 0 aliphatic carbocycles. The van der Waals surface area contributed by atoms with Crippen LogP contribution in [0.3, 0.4) is 0 Å². The maximum Gasteiger partial charge on any atom is 0.189 e. The second-order valence-electron chi connectivity index (χ2n) is 7.44. The molecule has 2 aromatic carbocycles. The molecule has 0 radical (unpaired) electrons. The molecular formula is C24H23N3O2. The van der Waals surface area contributed by atoms with Crippen molar-refractivity contribution >= 4 is 22.4 Å². The highest BCUT2D eigenvalue weighted by Gasteiger charge is 2.15. The summed E-state index contributed by atoms with van der Waals surface area (Å²) in [7, 11) is 0. The Labute approximate surface area is 170 Å². The molecule has 1 aliphatic rings. The fourth-order valence-corrected chi connectivity index (χ4v) is 3.72. The van der Waals surface area contributed by atoms with E-state index >= 15 is 0 Å². The number of aromatic nitrogens is 1. The number of carbonyl (C=O) groups is 1. The molecule has 1 aromatic heterocycles. The number of pyridine rings is 1. The molecule has 2 heterocycles. The molecule has 5 nitrogen and oxygen atoms in total. The number of rotatable bonds is 5. The molecule has 0 amide bonds. The summed E-state index contributed by atoms with van der Waals surface area (Å²) < 4.78 is 5.48. The lowest BCUT2D eigenvalue weighted by Gasteiger charge is -2.27. The number of benzene rings is 2. The zero-order valence-corrected chi connectivity index (χ0v) is 16.5. The number of fused-ring (bicyclic) bond motifs is 1. The minimum Gasteiger partial charge on any atom is -0.379 e. The first-order valence-electron chi connectivity index (χ1n) is 9.82. The molecule has 3 aromatic rings. The fraction of sp³-hybridized carbons (Fsp3) is 0.292. The van der Waals surface area contributed by atoms with Gasteiger partial charge in [-0.1, -0.05) is 36.4 Å². The van der Waals surface area contributed by atoms with Gasteiger partial charge in [-0.2, -0.15) is 0 Å². The Kier molecular flexibility index (Phi) is 5.66. The van der Waals surface area contributed by atoms with Gasteiger partial charge in [0.05, 0.1) is 31.0 Å². The summed E-state index contributed by atoms with van der Waals surface area (Å²) in [6.45, 7) is 13.1. The number of nitrogens with zero attached hydrogens (tertiary/aromatic N) is 3. The summed E-state index contributed by atoms with van der Waals surface area (Å²) in [5.41, 5.74) is 5.54. The second kappa shape index (κ2) is 8.52. The molecule has 0 spiro atoms. The van der Waals surface area contributed by atoms with E-state index in [0.29, 0.717) is 12.1 Å². The number of hydrogen-bond donors (Lipinski definition) is 0. The van der Waals surface area contributed by atoms with Crippen molar-refractivity contribution in [1.29, 1.82) is 0 Å². The van der Waals surface area contributed by atoms with Gasteiger partial charge in [-0.05, 0) is 30.2 Å². The van der Waals surface area contributed by atoms with Crippen molar-refractivity contribution in [3.63, 3.8) is 0 Å². The lowest BCUT2D eigenvalue weighted by Crippen LogP contribution is -2.35. The highest BCUT2D eigenvalue weighted by Crippen LogP contribution is 2.29. The van der Waals surface area contributed by atoms with Crippen LogP contribution in [-0.2, 0) is 22.5 Å². The topological polar surface area (TPSA) is 46.8 Å². The van der Waals surface area contributed by atoms with E-state index in [9.17, 15) is 4.79 Å². The Morgan fingerprint density at radius 3 is 2.59 bits per heavy atom. The number of Topliss-reactive ketones (excluding diaryl/α,β-unsaturated/α-hetero) is 1. The molecule has 0 atom stereocenters.